The number of nitrogens with one attached hydrogen (secondary N) is 1. The summed E-state index contributed by atoms with van der Waals surface area (Å²) in [4.78, 5) is 22.4. The molecular formula is C16H23NO5. The molecule has 122 valence electrons. The van der Waals surface area contributed by atoms with Crippen LogP contribution in [0.15, 0.2) is 18.2 Å². The molecule has 1 aromatic carbocycles. The Kier molecular flexibility index (Phi) is 7.81. The Morgan fingerprint density at radius 2 is 1.73 bits per heavy atom. The molecule has 2 N–H and O–H groups in total. The van der Waals surface area contributed by atoms with Crippen LogP contribution in [0.3, 0.4) is 0 Å². The van der Waals surface area contributed by atoms with E-state index in [4.69, 9.17) is 14.6 Å². The van der Waals surface area contributed by atoms with Gasteiger partial charge in [0.05, 0.1) is 14.2 Å². The van der Waals surface area contributed by atoms with E-state index >= 15 is 0 Å². The highest BCUT2D eigenvalue weighted by molar-refractivity contribution is 5.94. The monoisotopic (exact) mass is 309 g/mol. The summed E-state index contributed by atoms with van der Waals surface area (Å²) in [5.74, 6) is 0.176. The van der Waals surface area contributed by atoms with Crippen LogP contribution in [-0.4, -0.2) is 37.7 Å². The lowest BCUT2D eigenvalue weighted by Gasteiger charge is -2.10. The van der Waals surface area contributed by atoms with E-state index in [-0.39, 0.29) is 12.3 Å². The molecule has 0 saturated heterocycles. The molecule has 0 aromatic heterocycles. The van der Waals surface area contributed by atoms with Crippen LogP contribution in [0, 0.1) is 0 Å². The lowest BCUT2D eigenvalue weighted by Crippen LogP contribution is -2.24. The molecule has 6 nitrogen and oxygen atoms in total. The van der Waals surface area contributed by atoms with Crippen molar-refractivity contribution in [2.24, 2.45) is 0 Å². The molecule has 0 spiro atoms. The van der Waals surface area contributed by atoms with Crippen LogP contribution in [0.1, 0.15) is 42.5 Å². The molecule has 0 radical (unpaired) electrons. The summed E-state index contributed by atoms with van der Waals surface area (Å²) in [5.41, 5.74) is 0.517. The Balaban J connectivity index is 2.32. The Morgan fingerprint density at radius 3 is 2.36 bits per heavy atom. The summed E-state index contributed by atoms with van der Waals surface area (Å²) in [5, 5.41) is 11.4. The minimum absolute atomic E-state index is 0.161. The van der Waals surface area contributed by atoms with E-state index in [9.17, 15) is 9.59 Å². The summed E-state index contributed by atoms with van der Waals surface area (Å²) in [6.45, 7) is 0.570. The fraction of sp³-hybridized carbons (Fsp3) is 0.500. The third-order valence-corrected chi connectivity index (χ3v) is 3.25. The van der Waals surface area contributed by atoms with Crippen molar-refractivity contribution in [3.63, 3.8) is 0 Å². The number of ether oxygens (including phenoxy) is 2. The maximum Gasteiger partial charge on any atom is 0.303 e. The van der Waals surface area contributed by atoms with Gasteiger partial charge < -0.3 is 19.9 Å². The summed E-state index contributed by atoms with van der Waals surface area (Å²) in [6, 6.07) is 5.02. The lowest BCUT2D eigenvalue weighted by atomic mass is 10.1. The molecule has 6 heteroatoms. The normalized spacial score (nSPS) is 10.1. The average molecular weight is 309 g/mol. The molecule has 0 aliphatic rings. The highest BCUT2D eigenvalue weighted by atomic mass is 16.5. The summed E-state index contributed by atoms with van der Waals surface area (Å²) in [7, 11) is 3.07. The van der Waals surface area contributed by atoms with Crippen LogP contribution in [0.25, 0.3) is 0 Å². The largest absolute Gasteiger partial charge is 0.493 e. The van der Waals surface area contributed by atoms with Crippen molar-refractivity contribution in [3.05, 3.63) is 23.8 Å². The highest BCUT2D eigenvalue weighted by Gasteiger charge is 2.10. The van der Waals surface area contributed by atoms with E-state index in [0.29, 0.717) is 30.0 Å². The minimum Gasteiger partial charge on any atom is -0.493 e. The molecule has 1 amide bonds. The first kappa shape index (κ1) is 17.8. The molecule has 0 bridgehead atoms. The van der Waals surface area contributed by atoms with E-state index in [1.54, 1.807) is 25.3 Å². The smallest absolute Gasteiger partial charge is 0.303 e. The number of methoxy groups -OCH3 is 2. The number of carbonyl (C=O) groups is 2. The number of carbonyl (C=O) groups excluding carboxylic acids is 1. The number of carboxylic acid groups (broad SMARTS) is 1. The topological polar surface area (TPSA) is 84.9 Å². The predicted octanol–water partition coefficient (Wildman–Crippen LogP) is 2.47. The lowest BCUT2D eigenvalue weighted by molar-refractivity contribution is -0.137. The van der Waals surface area contributed by atoms with Crippen molar-refractivity contribution < 1.29 is 24.2 Å². The Bertz CT molecular complexity index is 501. The fourth-order valence-electron chi connectivity index (χ4n) is 2.04. The molecule has 0 saturated carbocycles. The standard InChI is InChI=1S/C16H23NO5/c1-21-13-9-8-12(11-14(13)22-2)16(20)17-10-6-4-3-5-7-15(18)19/h8-9,11H,3-7,10H2,1-2H3,(H,17,20)(H,18,19). The van der Waals surface area contributed by atoms with Gasteiger partial charge in [-0.05, 0) is 31.0 Å². The van der Waals surface area contributed by atoms with Crippen LogP contribution >= 0.6 is 0 Å². The Morgan fingerprint density at radius 1 is 1.05 bits per heavy atom. The molecule has 1 rings (SSSR count). The number of carboxylic acids is 1. The van der Waals surface area contributed by atoms with Crippen molar-refractivity contribution in [2.45, 2.75) is 32.1 Å². The van der Waals surface area contributed by atoms with E-state index < -0.39 is 5.97 Å². The second-order valence-electron chi connectivity index (χ2n) is 4.88. The van der Waals surface area contributed by atoms with Gasteiger partial charge in [0.25, 0.3) is 5.91 Å². The van der Waals surface area contributed by atoms with Crippen molar-refractivity contribution in [1.29, 1.82) is 0 Å². The number of unbranched alkanes of at least 4 members (excludes halogenated alkanes) is 3. The van der Waals surface area contributed by atoms with Crippen LogP contribution in [0.4, 0.5) is 0 Å². The minimum atomic E-state index is -0.762. The zero-order valence-electron chi connectivity index (χ0n) is 13.1. The van der Waals surface area contributed by atoms with Crippen molar-refractivity contribution in [3.8, 4) is 11.5 Å². The van der Waals surface area contributed by atoms with Gasteiger partial charge in [0, 0.05) is 18.5 Å². The molecule has 0 fully saturated rings. The summed E-state index contributed by atoms with van der Waals surface area (Å²) in [6.07, 6.45) is 3.48. The van der Waals surface area contributed by atoms with Gasteiger partial charge in [-0.1, -0.05) is 12.8 Å². The number of benzene rings is 1. The predicted molar refractivity (Wildman–Crippen MR) is 82.6 cm³/mol. The summed E-state index contributed by atoms with van der Waals surface area (Å²) < 4.78 is 10.3. The van der Waals surface area contributed by atoms with E-state index in [2.05, 4.69) is 5.32 Å². The van der Waals surface area contributed by atoms with Crippen molar-refractivity contribution in [2.75, 3.05) is 20.8 Å². The maximum absolute atomic E-state index is 12.0. The average Bonchev–Trinajstić information content (AvgIpc) is 2.52. The van der Waals surface area contributed by atoms with Crippen LogP contribution in [-0.2, 0) is 4.79 Å². The van der Waals surface area contributed by atoms with Gasteiger partial charge in [-0.2, -0.15) is 0 Å². The van der Waals surface area contributed by atoms with Gasteiger partial charge in [0.1, 0.15) is 0 Å². The van der Waals surface area contributed by atoms with Gasteiger partial charge >= 0.3 is 5.97 Å². The first-order valence-electron chi connectivity index (χ1n) is 7.30. The maximum atomic E-state index is 12.0. The van der Waals surface area contributed by atoms with Gasteiger partial charge in [-0.15, -0.1) is 0 Å². The van der Waals surface area contributed by atoms with Crippen molar-refractivity contribution >= 4 is 11.9 Å². The second-order valence-corrected chi connectivity index (χ2v) is 4.88. The van der Waals surface area contributed by atoms with Gasteiger partial charge in [0.2, 0.25) is 0 Å². The molecule has 0 aliphatic carbocycles. The summed E-state index contributed by atoms with van der Waals surface area (Å²) >= 11 is 0. The van der Waals surface area contributed by atoms with E-state index in [1.165, 1.54) is 7.11 Å². The third kappa shape index (κ3) is 6.03. The third-order valence-electron chi connectivity index (χ3n) is 3.25. The van der Waals surface area contributed by atoms with Crippen LogP contribution < -0.4 is 14.8 Å². The van der Waals surface area contributed by atoms with Crippen LogP contribution in [0.2, 0.25) is 0 Å². The first-order chi connectivity index (χ1) is 10.6. The first-order valence-corrected chi connectivity index (χ1v) is 7.30. The number of hydrogen-bond donors (Lipinski definition) is 2. The number of hydrogen-bond acceptors (Lipinski definition) is 4. The number of rotatable bonds is 10. The quantitative estimate of drug-likeness (QED) is 0.649. The second kappa shape index (κ2) is 9.65. The fourth-order valence-corrected chi connectivity index (χ4v) is 2.04. The zero-order valence-corrected chi connectivity index (χ0v) is 13.1. The van der Waals surface area contributed by atoms with E-state index in [0.717, 1.165) is 19.3 Å². The van der Waals surface area contributed by atoms with Gasteiger partial charge in [-0.3, -0.25) is 9.59 Å². The Hall–Kier alpha value is -2.24. The number of amides is 1. The SMILES string of the molecule is COc1ccc(C(=O)NCCCCCCC(=O)O)cc1OC. The zero-order chi connectivity index (χ0) is 16.4. The number of aliphatic carboxylic acids is 1. The molecular weight excluding hydrogens is 286 g/mol. The van der Waals surface area contributed by atoms with Crippen molar-refractivity contribution in [1.82, 2.24) is 5.32 Å². The Labute approximate surface area is 130 Å². The molecule has 0 unspecified atom stereocenters. The highest BCUT2D eigenvalue weighted by Crippen LogP contribution is 2.27. The molecule has 0 atom stereocenters. The molecule has 1 aromatic rings. The molecule has 0 heterocycles. The van der Waals surface area contributed by atoms with E-state index in [1.807, 2.05) is 0 Å². The molecule has 22 heavy (non-hydrogen) atoms. The van der Waals surface area contributed by atoms with Gasteiger partial charge in [-0.25, -0.2) is 0 Å². The van der Waals surface area contributed by atoms with Crippen LogP contribution in [0.5, 0.6) is 11.5 Å². The molecule has 0 aliphatic heterocycles. The van der Waals surface area contributed by atoms with Gasteiger partial charge in [0.15, 0.2) is 11.5 Å².